The Kier molecular flexibility index (Phi) is 5.76. The summed E-state index contributed by atoms with van der Waals surface area (Å²) in [5.41, 5.74) is 1.98. The van der Waals surface area contributed by atoms with Crippen LogP contribution in [-0.4, -0.2) is 5.97 Å². The molecule has 1 unspecified atom stereocenters. The number of hydrogen-bond acceptors (Lipinski definition) is 2. The van der Waals surface area contributed by atoms with Gasteiger partial charge in [-0.25, -0.2) is 0 Å². The van der Waals surface area contributed by atoms with Crippen LogP contribution < -0.4 is 0 Å². The molecule has 0 fully saturated rings. The Morgan fingerprint density at radius 1 is 1.00 bits per heavy atom. The van der Waals surface area contributed by atoms with Crippen LogP contribution >= 0.6 is 31.9 Å². The molecule has 0 radical (unpaired) electrons. The summed E-state index contributed by atoms with van der Waals surface area (Å²) in [5.74, 6) is -0.302. The van der Waals surface area contributed by atoms with Crippen molar-refractivity contribution in [2.24, 2.45) is 0 Å². The van der Waals surface area contributed by atoms with E-state index in [0.29, 0.717) is 0 Å². The highest BCUT2D eigenvalue weighted by molar-refractivity contribution is 9.10. The number of hydrogen-bond donors (Lipinski definition) is 0. The number of esters is 1. The highest BCUT2D eigenvalue weighted by atomic mass is 79.9. The van der Waals surface area contributed by atoms with E-state index in [0.717, 1.165) is 20.1 Å². The molecule has 0 aliphatic heterocycles. The average molecular weight is 410 g/mol. The third-order valence-corrected chi connectivity index (χ3v) is 3.88. The minimum Gasteiger partial charge on any atom is -0.453 e. The van der Waals surface area contributed by atoms with Crippen LogP contribution in [0, 0.1) is 0 Å². The zero-order valence-corrected chi connectivity index (χ0v) is 14.6. The maximum Gasteiger partial charge on any atom is 0.303 e. The van der Waals surface area contributed by atoms with Gasteiger partial charge in [0.15, 0.2) is 0 Å². The molecule has 0 aliphatic carbocycles. The Hall–Kier alpha value is -1.39. The second kappa shape index (κ2) is 7.57. The van der Waals surface area contributed by atoms with Gasteiger partial charge in [-0.3, -0.25) is 4.79 Å². The molecule has 0 N–H and O–H groups in total. The van der Waals surface area contributed by atoms with E-state index in [2.05, 4.69) is 31.9 Å². The Balaban J connectivity index is 2.21. The lowest BCUT2D eigenvalue weighted by atomic mass is 10.1. The topological polar surface area (TPSA) is 26.3 Å². The molecule has 21 heavy (non-hydrogen) atoms. The first-order valence-electron chi connectivity index (χ1n) is 6.41. The van der Waals surface area contributed by atoms with Crippen molar-refractivity contribution in [3.8, 4) is 0 Å². The maximum atomic E-state index is 11.3. The second-order valence-electron chi connectivity index (χ2n) is 4.49. The minimum atomic E-state index is -0.390. The molecule has 0 aromatic heterocycles. The van der Waals surface area contributed by atoms with E-state index < -0.39 is 0 Å². The summed E-state index contributed by atoms with van der Waals surface area (Å²) in [6, 6.07) is 15.7. The van der Waals surface area contributed by atoms with Gasteiger partial charge in [-0.2, -0.15) is 0 Å². The zero-order valence-electron chi connectivity index (χ0n) is 11.4. The van der Waals surface area contributed by atoms with Crippen molar-refractivity contribution in [2.75, 3.05) is 0 Å². The quantitative estimate of drug-likeness (QED) is 0.620. The van der Waals surface area contributed by atoms with E-state index >= 15 is 0 Å². The number of carbonyl (C=O) groups is 1. The van der Waals surface area contributed by atoms with E-state index in [1.165, 1.54) is 6.92 Å². The van der Waals surface area contributed by atoms with Gasteiger partial charge in [0, 0.05) is 15.9 Å². The first-order chi connectivity index (χ1) is 10.0. The maximum absolute atomic E-state index is 11.3. The summed E-state index contributed by atoms with van der Waals surface area (Å²) in [5, 5.41) is 0. The Bertz CT molecular complexity index is 631. The van der Waals surface area contributed by atoms with Crippen molar-refractivity contribution in [3.05, 3.63) is 74.7 Å². The number of halogens is 2. The molecule has 2 rings (SSSR count). The molecule has 1 atom stereocenters. The molecule has 2 aromatic rings. The van der Waals surface area contributed by atoms with Gasteiger partial charge in [-0.1, -0.05) is 62.2 Å². The fourth-order valence-electron chi connectivity index (χ4n) is 1.82. The van der Waals surface area contributed by atoms with E-state index in [-0.39, 0.29) is 12.1 Å². The summed E-state index contributed by atoms with van der Waals surface area (Å²) in [7, 11) is 0. The van der Waals surface area contributed by atoms with Crippen LogP contribution in [0.25, 0.3) is 6.08 Å². The van der Waals surface area contributed by atoms with Gasteiger partial charge in [0.1, 0.15) is 6.10 Å². The van der Waals surface area contributed by atoms with Crippen LogP contribution in [0.4, 0.5) is 0 Å². The van der Waals surface area contributed by atoms with Gasteiger partial charge in [0.05, 0.1) is 0 Å². The van der Waals surface area contributed by atoms with Crippen molar-refractivity contribution in [1.82, 2.24) is 0 Å². The molecular weight excluding hydrogens is 396 g/mol. The molecule has 0 saturated carbocycles. The fraction of sp³-hybridized carbons (Fsp3) is 0.118. The minimum absolute atomic E-state index is 0.302. The van der Waals surface area contributed by atoms with Crippen molar-refractivity contribution < 1.29 is 9.53 Å². The second-order valence-corrected chi connectivity index (χ2v) is 6.32. The molecule has 2 aromatic carbocycles. The third-order valence-electron chi connectivity index (χ3n) is 2.82. The molecule has 108 valence electrons. The normalized spacial score (nSPS) is 12.3. The molecule has 4 heteroatoms. The molecule has 0 heterocycles. The van der Waals surface area contributed by atoms with Crippen LogP contribution in [0.1, 0.15) is 24.2 Å². The average Bonchev–Trinajstić information content (AvgIpc) is 2.46. The van der Waals surface area contributed by atoms with E-state index in [1.54, 1.807) is 0 Å². The van der Waals surface area contributed by atoms with Gasteiger partial charge in [-0.15, -0.1) is 0 Å². The summed E-state index contributed by atoms with van der Waals surface area (Å²) >= 11 is 6.80. The van der Waals surface area contributed by atoms with Gasteiger partial charge in [0.25, 0.3) is 0 Å². The molecule has 0 amide bonds. The smallest absolute Gasteiger partial charge is 0.303 e. The molecule has 0 spiro atoms. The SMILES string of the molecule is CC(=O)OC(/C=C/c1ccc(Br)cc1)c1ccc(Br)cc1. The van der Waals surface area contributed by atoms with Crippen molar-refractivity contribution >= 4 is 43.9 Å². The summed E-state index contributed by atoms with van der Waals surface area (Å²) in [4.78, 5) is 11.3. The summed E-state index contributed by atoms with van der Waals surface area (Å²) < 4.78 is 7.39. The van der Waals surface area contributed by atoms with Crippen molar-refractivity contribution in [3.63, 3.8) is 0 Å². The molecule has 0 aliphatic rings. The highest BCUT2D eigenvalue weighted by Crippen LogP contribution is 2.23. The van der Waals surface area contributed by atoms with Crippen LogP contribution in [0.5, 0.6) is 0 Å². The first-order valence-corrected chi connectivity index (χ1v) is 7.99. The Morgan fingerprint density at radius 2 is 1.52 bits per heavy atom. The zero-order chi connectivity index (χ0) is 15.2. The lowest BCUT2D eigenvalue weighted by Gasteiger charge is -2.13. The van der Waals surface area contributed by atoms with Gasteiger partial charge >= 0.3 is 5.97 Å². The summed E-state index contributed by atoms with van der Waals surface area (Å²) in [6.45, 7) is 1.42. The molecule has 2 nitrogen and oxygen atoms in total. The fourth-order valence-corrected chi connectivity index (χ4v) is 2.35. The van der Waals surface area contributed by atoms with Gasteiger partial charge in [0.2, 0.25) is 0 Å². The Morgan fingerprint density at radius 3 is 2.05 bits per heavy atom. The predicted octanol–water partition coefficient (Wildman–Crippen LogP) is 5.53. The van der Waals surface area contributed by atoms with Gasteiger partial charge in [-0.05, 0) is 41.5 Å². The van der Waals surface area contributed by atoms with Crippen LogP contribution in [0.15, 0.2) is 63.6 Å². The van der Waals surface area contributed by atoms with E-state index in [1.807, 2.05) is 60.7 Å². The monoisotopic (exact) mass is 408 g/mol. The number of benzene rings is 2. The van der Waals surface area contributed by atoms with Crippen LogP contribution in [0.2, 0.25) is 0 Å². The van der Waals surface area contributed by atoms with Crippen LogP contribution in [0.3, 0.4) is 0 Å². The van der Waals surface area contributed by atoms with E-state index in [9.17, 15) is 4.79 Å². The standard InChI is InChI=1S/C17H14Br2O2/c1-12(20)21-17(14-5-9-16(19)10-6-14)11-4-13-2-7-15(18)8-3-13/h2-11,17H,1H3/b11-4+. The van der Waals surface area contributed by atoms with E-state index in [4.69, 9.17) is 4.74 Å². The lowest BCUT2D eigenvalue weighted by Crippen LogP contribution is -2.06. The number of carbonyl (C=O) groups excluding carboxylic acids is 1. The van der Waals surface area contributed by atoms with Gasteiger partial charge < -0.3 is 4.74 Å². The lowest BCUT2D eigenvalue weighted by molar-refractivity contribution is -0.144. The molecule has 0 saturated heterocycles. The van der Waals surface area contributed by atoms with Crippen LogP contribution in [-0.2, 0) is 9.53 Å². The van der Waals surface area contributed by atoms with Crippen molar-refractivity contribution in [1.29, 1.82) is 0 Å². The molecule has 0 bridgehead atoms. The van der Waals surface area contributed by atoms with Crippen molar-refractivity contribution in [2.45, 2.75) is 13.0 Å². The summed E-state index contributed by atoms with van der Waals surface area (Å²) in [6.07, 6.45) is 3.44. The number of rotatable bonds is 4. The first kappa shape index (κ1) is 16.0. The molecular formula is C17H14Br2O2. The third kappa shape index (κ3) is 5.14. The number of ether oxygens (including phenoxy) is 1. The predicted molar refractivity (Wildman–Crippen MR) is 91.8 cm³/mol. The largest absolute Gasteiger partial charge is 0.453 e. The Labute approximate surface area is 141 Å². The highest BCUT2D eigenvalue weighted by Gasteiger charge is 2.11.